The van der Waals surface area contributed by atoms with Crippen LogP contribution in [0.2, 0.25) is 5.02 Å². The van der Waals surface area contributed by atoms with Gasteiger partial charge in [0, 0.05) is 11.8 Å². The zero-order valence-electron chi connectivity index (χ0n) is 9.37. The number of alkyl halides is 3. The van der Waals surface area contributed by atoms with Crippen LogP contribution < -0.4 is 0 Å². The van der Waals surface area contributed by atoms with E-state index in [1.54, 1.807) is 0 Å². The van der Waals surface area contributed by atoms with Crippen LogP contribution in [0, 0.1) is 11.3 Å². The van der Waals surface area contributed by atoms with Gasteiger partial charge < -0.3 is 0 Å². The molecule has 0 spiro atoms. The van der Waals surface area contributed by atoms with Gasteiger partial charge in [-0.2, -0.15) is 18.4 Å². The van der Waals surface area contributed by atoms with Gasteiger partial charge in [-0.15, -0.1) is 0 Å². The number of rotatable bonds is 1. The van der Waals surface area contributed by atoms with E-state index in [-0.39, 0.29) is 10.7 Å². The molecule has 0 N–H and O–H groups in total. The first kappa shape index (κ1) is 13.4. The summed E-state index contributed by atoms with van der Waals surface area (Å²) in [4.78, 5) is 3.83. The van der Waals surface area contributed by atoms with Gasteiger partial charge in [-0.05, 0) is 23.8 Å². The summed E-state index contributed by atoms with van der Waals surface area (Å²) < 4.78 is 37.2. The van der Waals surface area contributed by atoms with Gasteiger partial charge in [-0.25, -0.2) is 4.98 Å². The van der Waals surface area contributed by atoms with Crippen molar-refractivity contribution >= 4 is 11.6 Å². The monoisotopic (exact) mass is 282 g/mol. The maximum Gasteiger partial charge on any atom is 0.416 e. The quantitative estimate of drug-likeness (QED) is 0.782. The number of aromatic nitrogens is 1. The van der Waals surface area contributed by atoms with Crippen LogP contribution in [0.25, 0.3) is 11.1 Å². The molecule has 0 aliphatic rings. The molecule has 0 aliphatic carbocycles. The third-order valence-corrected chi connectivity index (χ3v) is 2.78. The average molecular weight is 283 g/mol. The molecule has 1 aromatic carbocycles. The van der Waals surface area contributed by atoms with Gasteiger partial charge in [0.2, 0.25) is 0 Å². The van der Waals surface area contributed by atoms with Crippen LogP contribution in [-0.2, 0) is 6.18 Å². The van der Waals surface area contributed by atoms with Crippen LogP contribution in [0.1, 0.15) is 11.3 Å². The number of benzene rings is 1. The highest BCUT2D eigenvalue weighted by molar-refractivity contribution is 6.31. The van der Waals surface area contributed by atoms with Gasteiger partial charge >= 0.3 is 6.18 Å². The zero-order valence-corrected chi connectivity index (χ0v) is 10.1. The highest BCUT2D eigenvalue weighted by atomic mass is 35.5. The van der Waals surface area contributed by atoms with Crippen molar-refractivity contribution in [3.05, 3.63) is 52.8 Å². The Bertz CT molecular complexity index is 642. The minimum Gasteiger partial charge on any atom is -0.243 e. The maximum atomic E-state index is 12.4. The van der Waals surface area contributed by atoms with Crippen LogP contribution >= 0.6 is 11.6 Å². The largest absolute Gasteiger partial charge is 0.416 e. The van der Waals surface area contributed by atoms with Crippen molar-refractivity contribution in [2.24, 2.45) is 0 Å². The summed E-state index contributed by atoms with van der Waals surface area (Å²) in [6.45, 7) is 0. The molecule has 2 nitrogen and oxygen atoms in total. The molecule has 0 fully saturated rings. The standard InChI is InChI=1S/C13H6ClF3N2/c14-11-5-9(7-19-12(11)6-18)8-1-3-10(4-2-8)13(15,16)17/h1-5,7H. The Kier molecular flexibility index (Phi) is 3.45. The van der Waals surface area contributed by atoms with Gasteiger partial charge in [0.15, 0.2) is 5.69 Å². The predicted molar refractivity (Wildman–Crippen MR) is 64.4 cm³/mol. The second kappa shape index (κ2) is 4.90. The fraction of sp³-hybridized carbons (Fsp3) is 0.0769. The van der Waals surface area contributed by atoms with E-state index in [1.807, 2.05) is 6.07 Å². The van der Waals surface area contributed by atoms with E-state index in [0.717, 1.165) is 12.1 Å². The number of hydrogen-bond acceptors (Lipinski definition) is 2. The maximum absolute atomic E-state index is 12.4. The molecule has 0 atom stereocenters. The summed E-state index contributed by atoms with van der Waals surface area (Å²) in [7, 11) is 0. The van der Waals surface area contributed by atoms with Crippen molar-refractivity contribution < 1.29 is 13.2 Å². The van der Waals surface area contributed by atoms with Gasteiger partial charge in [0.05, 0.1) is 10.6 Å². The number of pyridine rings is 1. The Morgan fingerprint density at radius 1 is 1.11 bits per heavy atom. The second-order valence-corrected chi connectivity index (χ2v) is 4.15. The summed E-state index contributed by atoms with van der Waals surface area (Å²) in [5.41, 5.74) is 0.464. The molecule has 0 unspecified atom stereocenters. The average Bonchev–Trinajstić information content (AvgIpc) is 2.38. The number of halogens is 4. The Labute approximate surface area is 112 Å². The molecule has 1 aromatic heterocycles. The Morgan fingerprint density at radius 3 is 2.21 bits per heavy atom. The molecule has 1 heterocycles. The molecule has 0 radical (unpaired) electrons. The smallest absolute Gasteiger partial charge is 0.243 e. The van der Waals surface area contributed by atoms with Gasteiger partial charge in [0.25, 0.3) is 0 Å². The Morgan fingerprint density at radius 2 is 1.74 bits per heavy atom. The molecule has 0 saturated carbocycles. The van der Waals surface area contributed by atoms with Gasteiger partial charge in [0.1, 0.15) is 6.07 Å². The minimum absolute atomic E-state index is 0.0809. The van der Waals surface area contributed by atoms with E-state index in [4.69, 9.17) is 16.9 Å². The lowest BCUT2D eigenvalue weighted by Crippen LogP contribution is -2.04. The highest BCUT2D eigenvalue weighted by Crippen LogP contribution is 2.31. The topological polar surface area (TPSA) is 36.7 Å². The summed E-state index contributed by atoms with van der Waals surface area (Å²) in [6, 6.07) is 7.95. The van der Waals surface area contributed by atoms with E-state index >= 15 is 0 Å². The number of nitrogens with zero attached hydrogens (tertiary/aromatic N) is 2. The molecular formula is C13H6ClF3N2. The first-order valence-corrected chi connectivity index (χ1v) is 5.53. The summed E-state index contributed by atoms with van der Waals surface area (Å²) in [5.74, 6) is 0. The molecule has 19 heavy (non-hydrogen) atoms. The molecule has 96 valence electrons. The van der Waals surface area contributed by atoms with E-state index in [2.05, 4.69) is 4.98 Å². The molecule has 0 saturated heterocycles. The van der Waals surface area contributed by atoms with Crippen LogP contribution in [-0.4, -0.2) is 4.98 Å². The third kappa shape index (κ3) is 2.85. The van der Waals surface area contributed by atoms with Crippen molar-refractivity contribution in [3.63, 3.8) is 0 Å². The Balaban J connectivity index is 2.38. The van der Waals surface area contributed by atoms with Crippen LogP contribution in [0.4, 0.5) is 13.2 Å². The lowest BCUT2D eigenvalue weighted by atomic mass is 10.1. The van der Waals surface area contributed by atoms with E-state index in [1.165, 1.54) is 24.4 Å². The summed E-state index contributed by atoms with van der Waals surface area (Å²) in [6.07, 6.45) is -2.97. The van der Waals surface area contributed by atoms with Crippen LogP contribution in [0.3, 0.4) is 0 Å². The van der Waals surface area contributed by atoms with E-state index in [9.17, 15) is 13.2 Å². The first-order valence-electron chi connectivity index (χ1n) is 5.15. The summed E-state index contributed by atoms with van der Waals surface area (Å²) in [5, 5.41) is 8.85. The van der Waals surface area contributed by atoms with Crippen molar-refractivity contribution in [2.45, 2.75) is 6.18 Å². The molecular weight excluding hydrogens is 277 g/mol. The third-order valence-electron chi connectivity index (χ3n) is 2.49. The zero-order chi connectivity index (χ0) is 14.0. The normalized spacial score (nSPS) is 11.1. The van der Waals surface area contributed by atoms with Crippen LogP contribution in [0.15, 0.2) is 36.5 Å². The van der Waals surface area contributed by atoms with Crippen molar-refractivity contribution in [1.29, 1.82) is 5.26 Å². The van der Waals surface area contributed by atoms with Crippen molar-refractivity contribution in [3.8, 4) is 17.2 Å². The lowest BCUT2D eigenvalue weighted by Gasteiger charge is -2.08. The SMILES string of the molecule is N#Cc1ncc(-c2ccc(C(F)(F)F)cc2)cc1Cl. The molecule has 2 rings (SSSR count). The lowest BCUT2D eigenvalue weighted by molar-refractivity contribution is -0.137. The number of hydrogen-bond donors (Lipinski definition) is 0. The minimum atomic E-state index is -4.36. The fourth-order valence-corrected chi connectivity index (χ4v) is 1.74. The number of nitriles is 1. The molecule has 0 aliphatic heterocycles. The van der Waals surface area contributed by atoms with Crippen LogP contribution in [0.5, 0.6) is 0 Å². The predicted octanol–water partition coefficient (Wildman–Crippen LogP) is 4.29. The summed E-state index contributed by atoms with van der Waals surface area (Å²) >= 11 is 5.82. The Hall–Kier alpha value is -2.06. The second-order valence-electron chi connectivity index (χ2n) is 3.74. The van der Waals surface area contributed by atoms with E-state index < -0.39 is 11.7 Å². The van der Waals surface area contributed by atoms with Crippen molar-refractivity contribution in [1.82, 2.24) is 4.98 Å². The molecule has 0 bridgehead atoms. The van der Waals surface area contributed by atoms with Gasteiger partial charge in [-0.3, -0.25) is 0 Å². The fourth-order valence-electron chi connectivity index (χ4n) is 1.53. The van der Waals surface area contributed by atoms with Crippen molar-refractivity contribution in [2.75, 3.05) is 0 Å². The first-order chi connectivity index (χ1) is 8.91. The van der Waals surface area contributed by atoms with E-state index in [0.29, 0.717) is 11.1 Å². The highest BCUT2D eigenvalue weighted by Gasteiger charge is 2.29. The molecule has 6 heteroatoms. The molecule has 2 aromatic rings. The molecule has 0 amide bonds. The van der Waals surface area contributed by atoms with Gasteiger partial charge in [-0.1, -0.05) is 23.7 Å².